The average Bonchev–Trinajstić information content (AvgIpc) is 3.48. The number of hydrogen-bond acceptors (Lipinski definition) is 6. The minimum atomic E-state index is -0.963. The van der Waals surface area contributed by atoms with E-state index in [4.69, 9.17) is 15.6 Å². The first-order valence-corrected chi connectivity index (χ1v) is 11.4. The first-order chi connectivity index (χ1) is 15.9. The first-order valence-electron chi connectivity index (χ1n) is 11.1. The molecule has 2 aromatic heterocycles. The van der Waals surface area contributed by atoms with E-state index >= 15 is 0 Å². The molecule has 1 atom stereocenters. The van der Waals surface area contributed by atoms with Gasteiger partial charge in [0, 0.05) is 24.5 Å². The minimum absolute atomic E-state index is 0.149. The van der Waals surface area contributed by atoms with Gasteiger partial charge in [-0.1, -0.05) is 18.2 Å². The molecule has 7 nitrogen and oxygen atoms in total. The maximum atomic E-state index is 13.3. The maximum absolute atomic E-state index is 13.3. The summed E-state index contributed by atoms with van der Waals surface area (Å²) in [5, 5.41) is 9.34. The second-order valence-corrected chi connectivity index (χ2v) is 8.56. The Morgan fingerprint density at radius 2 is 2.03 bits per heavy atom. The van der Waals surface area contributed by atoms with Crippen LogP contribution < -0.4 is 4.74 Å². The summed E-state index contributed by atoms with van der Waals surface area (Å²) < 4.78 is 20.2. The molecule has 0 aliphatic rings. The van der Waals surface area contributed by atoms with Crippen LogP contribution in [0, 0.1) is 0 Å². The van der Waals surface area contributed by atoms with Gasteiger partial charge < -0.3 is 19.2 Å². The van der Waals surface area contributed by atoms with Crippen molar-refractivity contribution in [2.75, 3.05) is 6.61 Å². The molecule has 0 saturated carbocycles. The lowest BCUT2D eigenvalue weighted by Crippen LogP contribution is -2.36. The van der Waals surface area contributed by atoms with Gasteiger partial charge in [-0.25, -0.2) is 4.98 Å². The smallest absolute Gasteiger partial charge is 0.303 e. The zero-order chi connectivity index (χ0) is 23.8. The molecule has 0 radical (unpaired) electrons. The zero-order valence-electron chi connectivity index (χ0n) is 19.2. The van der Waals surface area contributed by atoms with Crippen LogP contribution in [0.3, 0.4) is 0 Å². The van der Waals surface area contributed by atoms with Crippen LogP contribution in [0.15, 0.2) is 53.3 Å². The van der Waals surface area contributed by atoms with Crippen LogP contribution in [0.25, 0.3) is 10.8 Å². The molecule has 3 rings (SSSR count). The third-order valence-electron chi connectivity index (χ3n) is 4.73. The van der Waals surface area contributed by atoms with Crippen molar-refractivity contribution in [3.63, 3.8) is 0 Å². The second kappa shape index (κ2) is 11.5. The van der Waals surface area contributed by atoms with E-state index in [1.807, 2.05) is 26.0 Å². The Balaban J connectivity index is 1.71. The molecule has 0 aliphatic heterocycles. The van der Waals surface area contributed by atoms with Crippen molar-refractivity contribution < 1.29 is 25.2 Å². The van der Waals surface area contributed by atoms with E-state index in [2.05, 4.69) is 4.98 Å². The number of hydrogen-bond donors (Lipinski definition) is 1. The summed E-state index contributed by atoms with van der Waals surface area (Å²) in [6, 6.07) is 10.6. The van der Waals surface area contributed by atoms with Gasteiger partial charge >= 0.3 is 5.97 Å². The summed E-state index contributed by atoms with van der Waals surface area (Å²) in [7, 11) is 0. The van der Waals surface area contributed by atoms with Gasteiger partial charge in [-0.2, -0.15) is 0 Å². The molecular formula is C24H28N2O5S. The number of aromatic nitrogens is 1. The highest BCUT2D eigenvalue weighted by Crippen LogP contribution is 2.28. The molecule has 0 saturated heterocycles. The van der Waals surface area contributed by atoms with Crippen LogP contribution >= 0.6 is 11.3 Å². The van der Waals surface area contributed by atoms with Crippen LogP contribution in [0.2, 0.25) is 0 Å². The van der Waals surface area contributed by atoms with Gasteiger partial charge in [0.2, 0.25) is 0 Å². The van der Waals surface area contributed by atoms with E-state index in [0.717, 1.165) is 6.42 Å². The SMILES string of the molecule is [2H]C(c1ccccc1OCCCCCC(=O)O)N(C(=O)c1cnc(-c2ccco2)s1)C(C)C. The largest absolute Gasteiger partial charge is 0.493 e. The molecule has 32 heavy (non-hydrogen) atoms. The second-order valence-electron chi connectivity index (χ2n) is 7.53. The number of carboxylic acid groups (broad SMARTS) is 1. The lowest BCUT2D eigenvalue weighted by molar-refractivity contribution is -0.137. The Hall–Kier alpha value is -3.13. The minimum Gasteiger partial charge on any atom is -0.493 e. The molecular weight excluding hydrogens is 428 g/mol. The van der Waals surface area contributed by atoms with Crippen molar-refractivity contribution in [3.8, 4) is 16.5 Å². The van der Waals surface area contributed by atoms with Crippen LogP contribution in [-0.2, 0) is 11.3 Å². The van der Waals surface area contributed by atoms with Gasteiger partial charge in [-0.15, -0.1) is 11.3 Å². The quantitative estimate of drug-likeness (QED) is 0.362. The number of benzene rings is 1. The molecule has 0 fully saturated rings. The Morgan fingerprint density at radius 1 is 1.22 bits per heavy atom. The monoisotopic (exact) mass is 457 g/mol. The van der Waals surface area contributed by atoms with E-state index in [-0.39, 0.29) is 18.4 Å². The van der Waals surface area contributed by atoms with Gasteiger partial charge in [0.05, 0.1) is 20.4 Å². The number of aliphatic carboxylic acids is 1. The molecule has 0 spiro atoms. The predicted octanol–water partition coefficient (Wildman–Crippen LogP) is 5.48. The summed E-state index contributed by atoms with van der Waals surface area (Å²) in [6.45, 7) is 3.20. The summed E-state index contributed by atoms with van der Waals surface area (Å²) in [6.07, 6.45) is 5.29. The highest BCUT2D eigenvalue weighted by atomic mass is 32.1. The van der Waals surface area contributed by atoms with E-state index in [9.17, 15) is 9.59 Å². The molecule has 0 bridgehead atoms. The van der Waals surface area contributed by atoms with Crippen molar-refractivity contribution in [2.45, 2.75) is 52.1 Å². The topological polar surface area (TPSA) is 92.9 Å². The van der Waals surface area contributed by atoms with Gasteiger partial charge in [0.15, 0.2) is 10.8 Å². The highest BCUT2D eigenvalue weighted by Gasteiger charge is 2.23. The fourth-order valence-corrected chi connectivity index (χ4v) is 3.89. The zero-order valence-corrected chi connectivity index (χ0v) is 19.0. The number of thiazole rings is 1. The Morgan fingerprint density at radius 3 is 2.75 bits per heavy atom. The molecule has 8 heteroatoms. The normalized spacial score (nSPS) is 12.4. The molecule has 1 N–H and O–H groups in total. The number of amides is 1. The molecule has 1 unspecified atom stereocenters. The number of carbonyl (C=O) groups is 2. The fraction of sp³-hybridized carbons (Fsp3) is 0.375. The fourth-order valence-electron chi connectivity index (χ4n) is 3.06. The van der Waals surface area contributed by atoms with E-state index in [0.29, 0.717) is 46.4 Å². The molecule has 1 amide bonds. The number of carbonyl (C=O) groups excluding carboxylic acids is 1. The third kappa shape index (κ3) is 6.43. The average molecular weight is 458 g/mol. The Kier molecular flexibility index (Phi) is 7.92. The number of unbranched alkanes of at least 4 members (excludes halogenated alkanes) is 2. The van der Waals surface area contributed by atoms with Gasteiger partial charge in [0.25, 0.3) is 5.91 Å². The third-order valence-corrected chi connectivity index (χ3v) is 5.73. The van der Waals surface area contributed by atoms with Crippen LogP contribution in [0.4, 0.5) is 0 Å². The van der Waals surface area contributed by atoms with Crippen molar-refractivity contribution in [1.29, 1.82) is 0 Å². The molecule has 3 aromatic rings. The van der Waals surface area contributed by atoms with E-state index in [1.54, 1.807) is 30.5 Å². The lowest BCUT2D eigenvalue weighted by Gasteiger charge is -2.27. The lowest BCUT2D eigenvalue weighted by atomic mass is 10.1. The summed E-state index contributed by atoms with van der Waals surface area (Å²) in [5.41, 5.74) is 0.598. The standard InChI is InChI=1S/C24H28N2O5S/c1-17(2)26(24(29)21-15-25-23(32-21)20-11-8-14-31-20)16-18-9-5-6-10-19(18)30-13-7-3-4-12-22(27)28/h5-6,8-11,14-15,17H,3-4,7,12-13,16H2,1-2H3,(H,27,28)/i16D. The van der Waals surface area contributed by atoms with Gasteiger partial charge in [0.1, 0.15) is 10.6 Å². The number of rotatable bonds is 12. The number of para-hydroxylation sites is 1. The van der Waals surface area contributed by atoms with Crippen molar-refractivity contribution in [2.24, 2.45) is 0 Å². The Bertz CT molecular complexity index is 1050. The van der Waals surface area contributed by atoms with Crippen molar-refractivity contribution in [3.05, 3.63) is 59.3 Å². The highest BCUT2D eigenvalue weighted by molar-refractivity contribution is 7.16. The molecule has 170 valence electrons. The van der Waals surface area contributed by atoms with Crippen LogP contribution in [-0.4, -0.2) is 39.5 Å². The number of carboxylic acids is 1. The van der Waals surface area contributed by atoms with Crippen molar-refractivity contribution in [1.82, 2.24) is 9.88 Å². The Labute approximate surface area is 193 Å². The molecule has 2 heterocycles. The summed E-state index contributed by atoms with van der Waals surface area (Å²) >= 11 is 1.23. The maximum Gasteiger partial charge on any atom is 0.303 e. The van der Waals surface area contributed by atoms with Crippen LogP contribution in [0.5, 0.6) is 5.75 Å². The van der Waals surface area contributed by atoms with Crippen LogP contribution in [0.1, 0.15) is 56.1 Å². The van der Waals surface area contributed by atoms with Crippen molar-refractivity contribution >= 4 is 23.2 Å². The van der Waals surface area contributed by atoms with E-state index < -0.39 is 12.5 Å². The summed E-state index contributed by atoms with van der Waals surface area (Å²) in [5.74, 6) is 0.0761. The predicted molar refractivity (Wildman–Crippen MR) is 123 cm³/mol. The first kappa shape index (κ1) is 22.1. The molecule has 0 aliphatic carbocycles. The van der Waals surface area contributed by atoms with Gasteiger partial charge in [-0.3, -0.25) is 9.59 Å². The summed E-state index contributed by atoms with van der Waals surface area (Å²) in [4.78, 5) is 30.2. The van der Waals surface area contributed by atoms with E-state index in [1.165, 1.54) is 22.4 Å². The number of furan rings is 1. The number of nitrogens with zero attached hydrogens (tertiary/aromatic N) is 2. The molecule has 1 aromatic carbocycles. The number of ether oxygens (including phenoxy) is 1. The van der Waals surface area contributed by atoms with Gasteiger partial charge in [-0.05, 0) is 51.3 Å².